The Bertz CT molecular complexity index is 1300. The standard InChI is InChI=1S/C21H17N7O3/c1-26-19(30)10-28(21(26)31)17-6-14(13-2-3-13)8-27-9-16(25-20(17)27)5-4-15-7-18(24-12-29)23-11-22-15/h6-9,11-13H,2-3,10H2,1H3,(H,22,23,24,29). The maximum absolute atomic E-state index is 12.6. The summed E-state index contributed by atoms with van der Waals surface area (Å²) in [4.78, 5) is 50.4. The Morgan fingerprint density at radius 1 is 1.13 bits per heavy atom. The lowest BCUT2D eigenvalue weighted by Gasteiger charge is -2.17. The Balaban J connectivity index is 1.55. The van der Waals surface area contributed by atoms with E-state index in [1.165, 1.54) is 18.3 Å². The number of likely N-dealkylation sites (N-methyl/N-ethyl adjacent to an activating group) is 1. The van der Waals surface area contributed by atoms with E-state index in [0.29, 0.717) is 40.9 Å². The number of amides is 4. The summed E-state index contributed by atoms with van der Waals surface area (Å²) in [6.45, 7) is -0.0135. The van der Waals surface area contributed by atoms with Crippen LogP contribution in [-0.2, 0) is 9.59 Å². The van der Waals surface area contributed by atoms with E-state index < -0.39 is 0 Å². The molecule has 0 aromatic carbocycles. The van der Waals surface area contributed by atoms with Crippen LogP contribution in [0.5, 0.6) is 0 Å². The number of nitrogens with one attached hydrogen (secondary N) is 1. The first-order valence-electron chi connectivity index (χ1n) is 9.68. The summed E-state index contributed by atoms with van der Waals surface area (Å²) in [5.41, 5.74) is 3.17. The molecule has 1 aliphatic carbocycles. The Morgan fingerprint density at radius 2 is 1.94 bits per heavy atom. The van der Waals surface area contributed by atoms with Crippen LogP contribution >= 0.6 is 0 Å². The van der Waals surface area contributed by atoms with Crippen molar-refractivity contribution in [3.8, 4) is 11.8 Å². The Morgan fingerprint density at radius 3 is 2.65 bits per heavy atom. The predicted octanol–water partition coefficient (Wildman–Crippen LogP) is 1.37. The Labute approximate surface area is 176 Å². The molecule has 0 unspecified atom stereocenters. The molecule has 0 radical (unpaired) electrons. The minimum atomic E-state index is -0.369. The molecule has 0 atom stereocenters. The summed E-state index contributed by atoms with van der Waals surface area (Å²) in [5, 5.41) is 2.45. The number of carbonyl (C=O) groups excluding carboxylic acids is 3. The van der Waals surface area contributed by atoms with Gasteiger partial charge in [0.2, 0.25) is 12.3 Å². The molecule has 1 saturated carbocycles. The van der Waals surface area contributed by atoms with Crippen LogP contribution in [0.2, 0.25) is 0 Å². The van der Waals surface area contributed by atoms with Crippen molar-refractivity contribution in [2.75, 3.05) is 23.8 Å². The number of nitrogens with zero attached hydrogens (tertiary/aromatic N) is 6. The third kappa shape index (κ3) is 3.46. The fourth-order valence-electron chi connectivity index (χ4n) is 3.48. The number of aromatic nitrogens is 4. The van der Waals surface area contributed by atoms with Crippen molar-refractivity contribution in [3.63, 3.8) is 0 Å². The van der Waals surface area contributed by atoms with E-state index in [2.05, 4.69) is 32.1 Å². The highest BCUT2D eigenvalue weighted by atomic mass is 16.2. The number of anilines is 2. The first kappa shape index (κ1) is 18.7. The molecule has 154 valence electrons. The van der Waals surface area contributed by atoms with Crippen molar-refractivity contribution in [2.24, 2.45) is 0 Å². The van der Waals surface area contributed by atoms with Crippen molar-refractivity contribution in [2.45, 2.75) is 18.8 Å². The quantitative estimate of drug-likeness (QED) is 0.391. The van der Waals surface area contributed by atoms with Gasteiger partial charge < -0.3 is 9.72 Å². The Hall–Kier alpha value is -4.26. The smallest absolute Gasteiger partial charge is 0.313 e. The summed E-state index contributed by atoms with van der Waals surface area (Å²) in [6.07, 6.45) is 7.83. The zero-order valence-electron chi connectivity index (χ0n) is 16.6. The molecule has 0 bridgehead atoms. The lowest BCUT2D eigenvalue weighted by Crippen LogP contribution is -2.30. The number of fused-ring (bicyclic) bond motifs is 1. The second kappa shape index (κ2) is 7.21. The second-order valence-corrected chi connectivity index (χ2v) is 7.41. The molecule has 3 aromatic rings. The van der Waals surface area contributed by atoms with Crippen LogP contribution in [0, 0.1) is 11.8 Å². The summed E-state index contributed by atoms with van der Waals surface area (Å²) in [7, 11) is 1.48. The van der Waals surface area contributed by atoms with Gasteiger partial charge >= 0.3 is 6.03 Å². The topological polar surface area (TPSA) is 113 Å². The molecular formula is C21H17N7O3. The van der Waals surface area contributed by atoms with E-state index >= 15 is 0 Å². The molecule has 31 heavy (non-hydrogen) atoms. The molecule has 10 heteroatoms. The first-order valence-corrected chi connectivity index (χ1v) is 9.68. The molecule has 3 aromatic heterocycles. The number of imide groups is 1. The third-order valence-electron chi connectivity index (χ3n) is 5.27. The fraction of sp³-hybridized carbons (Fsp3) is 0.238. The minimum Gasteiger partial charge on any atom is -0.313 e. The van der Waals surface area contributed by atoms with Gasteiger partial charge in [-0.2, -0.15) is 0 Å². The van der Waals surface area contributed by atoms with Gasteiger partial charge in [-0.25, -0.2) is 19.7 Å². The highest BCUT2D eigenvalue weighted by molar-refractivity contribution is 6.13. The van der Waals surface area contributed by atoms with Crippen molar-refractivity contribution >= 4 is 35.5 Å². The lowest BCUT2D eigenvalue weighted by molar-refractivity contribution is -0.123. The molecule has 2 aliphatic rings. The van der Waals surface area contributed by atoms with Crippen molar-refractivity contribution in [1.82, 2.24) is 24.3 Å². The van der Waals surface area contributed by atoms with Crippen LogP contribution in [0.3, 0.4) is 0 Å². The molecule has 0 spiro atoms. The average Bonchev–Trinajstić information content (AvgIpc) is 3.49. The normalized spacial score (nSPS) is 15.9. The average molecular weight is 415 g/mol. The second-order valence-electron chi connectivity index (χ2n) is 7.41. The summed E-state index contributed by atoms with van der Waals surface area (Å²) >= 11 is 0. The van der Waals surface area contributed by atoms with Gasteiger partial charge in [-0.3, -0.25) is 19.4 Å². The molecule has 2 fully saturated rings. The van der Waals surface area contributed by atoms with Crippen LogP contribution in [0.25, 0.3) is 5.65 Å². The van der Waals surface area contributed by atoms with Gasteiger partial charge in [0.15, 0.2) is 5.65 Å². The number of urea groups is 1. The number of imidazole rings is 1. The molecule has 5 rings (SSSR count). The lowest BCUT2D eigenvalue weighted by atomic mass is 10.1. The summed E-state index contributed by atoms with van der Waals surface area (Å²) < 4.78 is 1.85. The summed E-state index contributed by atoms with van der Waals surface area (Å²) in [5.74, 6) is 6.42. The van der Waals surface area contributed by atoms with Gasteiger partial charge in [0, 0.05) is 25.5 Å². The maximum atomic E-state index is 12.6. The monoisotopic (exact) mass is 415 g/mol. The van der Waals surface area contributed by atoms with E-state index in [0.717, 1.165) is 23.3 Å². The molecule has 4 heterocycles. The van der Waals surface area contributed by atoms with Crippen molar-refractivity contribution in [1.29, 1.82) is 0 Å². The SMILES string of the molecule is CN1C(=O)CN(c2cc(C3CC3)cn3cc(C#Cc4cc(NC=O)ncn4)nc23)C1=O. The van der Waals surface area contributed by atoms with Gasteiger partial charge in [-0.05, 0) is 42.2 Å². The zero-order valence-corrected chi connectivity index (χ0v) is 16.6. The molecule has 10 nitrogen and oxygen atoms in total. The van der Waals surface area contributed by atoms with Crippen molar-refractivity contribution in [3.05, 3.63) is 47.8 Å². The molecule has 1 N–H and O–H groups in total. The number of hydrogen-bond acceptors (Lipinski definition) is 6. The van der Waals surface area contributed by atoms with Crippen LogP contribution in [0.4, 0.5) is 16.3 Å². The van der Waals surface area contributed by atoms with Gasteiger partial charge in [-0.1, -0.05) is 0 Å². The van der Waals surface area contributed by atoms with Crippen molar-refractivity contribution < 1.29 is 14.4 Å². The minimum absolute atomic E-state index is 0.0135. The van der Waals surface area contributed by atoms with Crippen LogP contribution in [0.15, 0.2) is 30.9 Å². The number of hydrogen-bond donors (Lipinski definition) is 1. The van der Waals surface area contributed by atoms with Gasteiger partial charge in [0.05, 0.1) is 5.69 Å². The number of carbonyl (C=O) groups is 3. The van der Waals surface area contributed by atoms with Crippen LogP contribution in [0.1, 0.15) is 35.7 Å². The zero-order chi connectivity index (χ0) is 21.5. The highest BCUT2D eigenvalue weighted by Crippen LogP contribution is 2.42. The predicted molar refractivity (Wildman–Crippen MR) is 110 cm³/mol. The Kier molecular flexibility index (Phi) is 4.36. The van der Waals surface area contributed by atoms with E-state index in [-0.39, 0.29) is 18.5 Å². The molecular weight excluding hydrogens is 398 g/mol. The van der Waals surface area contributed by atoms with E-state index in [1.807, 2.05) is 16.7 Å². The third-order valence-corrected chi connectivity index (χ3v) is 5.27. The maximum Gasteiger partial charge on any atom is 0.331 e. The molecule has 1 aliphatic heterocycles. The largest absolute Gasteiger partial charge is 0.331 e. The molecule has 4 amide bonds. The number of pyridine rings is 1. The van der Waals surface area contributed by atoms with Crippen LogP contribution in [-0.4, -0.2) is 56.2 Å². The van der Waals surface area contributed by atoms with Gasteiger partial charge in [0.1, 0.15) is 30.1 Å². The highest BCUT2D eigenvalue weighted by Gasteiger charge is 2.36. The van der Waals surface area contributed by atoms with Gasteiger partial charge in [0.25, 0.3) is 0 Å². The summed E-state index contributed by atoms with van der Waals surface area (Å²) in [6, 6.07) is 3.13. The van der Waals surface area contributed by atoms with E-state index in [4.69, 9.17) is 0 Å². The number of rotatable bonds is 4. The van der Waals surface area contributed by atoms with E-state index in [1.54, 1.807) is 12.3 Å². The first-order chi connectivity index (χ1) is 15.0. The van der Waals surface area contributed by atoms with E-state index in [9.17, 15) is 14.4 Å². The molecule has 1 saturated heterocycles. The van der Waals surface area contributed by atoms with Gasteiger partial charge in [-0.15, -0.1) is 0 Å². The fourth-order valence-corrected chi connectivity index (χ4v) is 3.48. The van der Waals surface area contributed by atoms with Crippen LogP contribution < -0.4 is 10.2 Å².